The molecule has 0 N–H and O–H groups in total. The zero-order valence-corrected chi connectivity index (χ0v) is 52.5. The lowest BCUT2D eigenvalue weighted by Crippen LogP contribution is -2.30. The van der Waals surface area contributed by atoms with Crippen molar-refractivity contribution in [3.63, 3.8) is 0 Å². The SMILES string of the molecule is CC/C=C\C/C=C\C/C=C\C/C=C\CCC(=O)OC(COC(=O)CCCCCCCCCCCCCC)COC(=O)CCCCCCCCCCCCCCCCCCCCCCCCCCCCCCCCCCCCC. The van der Waals surface area contributed by atoms with E-state index in [0.717, 1.165) is 64.2 Å². The Hall–Kier alpha value is -2.63. The number of rotatable bonds is 64. The van der Waals surface area contributed by atoms with Crippen molar-refractivity contribution in [1.82, 2.24) is 0 Å². The molecule has 1 unspecified atom stereocenters. The van der Waals surface area contributed by atoms with Crippen LogP contribution in [0.4, 0.5) is 0 Å². The molecule has 0 aromatic rings. The third-order valence-corrected chi connectivity index (χ3v) is 15.6. The zero-order chi connectivity index (χ0) is 56.4. The van der Waals surface area contributed by atoms with Crippen molar-refractivity contribution in [3.8, 4) is 0 Å². The minimum Gasteiger partial charge on any atom is -0.462 e. The fourth-order valence-electron chi connectivity index (χ4n) is 10.5. The van der Waals surface area contributed by atoms with Crippen molar-refractivity contribution in [1.29, 1.82) is 0 Å². The van der Waals surface area contributed by atoms with Gasteiger partial charge in [0, 0.05) is 19.3 Å². The van der Waals surface area contributed by atoms with Crippen LogP contribution in [0.1, 0.15) is 374 Å². The molecule has 0 aliphatic heterocycles. The number of carbonyl (C=O) groups is 3. The van der Waals surface area contributed by atoms with Crippen molar-refractivity contribution < 1.29 is 28.6 Å². The van der Waals surface area contributed by atoms with Crippen molar-refractivity contribution in [2.45, 2.75) is 380 Å². The molecule has 0 amide bonds. The first-order valence-electron chi connectivity index (χ1n) is 34.6. The topological polar surface area (TPSA) is 78.9 Å². The molecule has 0 radical (unpaired) electrons. The maximum absolute atomic E-state index is 12.8. The van der Waals surface area contributed by atoms with Crippen molar-refractivity contribution in [2.75, 3.05) is 13.2 Å². The summed E-state index contributed by atoms with van der Waals surface area (Å²) in [6.45, 7) is 6.51. The van der Waals surface area contributed by atoms with Crippen LogP contribution in [-0.2, 0) is 28.6 Å². The van der Waals surface area contributed by atoms with Gasteiger partial charge in [0.05, 0.1) is 0 Å². The monoisotopic (exact) mass is 1090 g/mol. The van der Waals surface area contributed by atoms with Gasteiger partial charge in [-0.05, 0) is 44.9 Å². The number of hydrogen-bond donors (Lipinski definition) is 0. The molecule has 456 valence electrons. The standard InChI is InChI=1S/C72H132O6/c1-4-7-10-13-16-19-22-25-26-27-28-29-30-31-32-33-34-35-36-37-38-39-40-41-42-43-44-45-46-48-50-53-56-59-62-65-71(74)77-68-69(67-76-70(73)64-61-58-55-52-49-24-21-18-15-12-9-6-3)78-72(75)66-63-60-57-54-51-47-23-20-17-14-11-8-5-2/h8,11,17,20,47,51,57,60,69H,4-7,9-10,12-16,18-19,21-46,48-50,52-56,58-59,61-68H2,1-3H3/b11-8-,20-17-,51-47-,60-57-. The summed E-state index contributed by atoms with van der Waals surface area (Å²) in [6.07, 6.45) is 84.8. The molecule has 0 rings (SSSR count). The summed E-state index contributed by atoms with van der Waals surface area (Å²) >= 11 is 0. The van der Waals surface area contributed by atoms with Crippen LogP contribution in [-0.4, -0.2) is 37.2 Å². The first-order chi connectivity index (χ1) is 38.5. The number of unbranched alkanes of at least 4 members (excludes halogenated alkanes) is 45. The normalized spacial score (nSPS) is 12.3. The van der Waals surface area contributed by atoms with Gasteiger partial charge in [-0.1, -0.05) is 358 Å². The van der Waals surface area contributed by atoms with Crippen LogP contribution in [0.5, 0.6) is 0 Å². The molecule has 1 atom stereocenters. The van der Waals surface area contributed by atoms with Gasteiger partial charge in [0.25, 0.3) is 0 Å². The minimum absolute atomic E-state index is 0.0971. The molecule has 0 aliphatic rings. The van der Waals surface area contributed by atoms with Crippen molar-refractivity contribution >= 4 is 17.9 Å². The Labute approximate surface area is 486 Å². The largest absolute Gasteiger partial charge is 0.462 e. The Bertz CT molecular complexity index is 1350. The molecule has 0 aromatic heterocycles. The van der Waals surface area contributed by atoms with E-state index in [1.54, 1.807) is 0 Å². The predicted molar refractivity (Wildman–Crippen MR) is 339 cm³/mol. The lowest BCUT2D eigenvalue weighted by atomic mass is 10.0. The lowest BCUT2D eigenvalue weighted by Gasteiger charge is -2.18. The van der Waals surface area contributed by atoms with Gasteiger partial charge in [0.1, 0.15) is 13.2 Å². The average Bonchev–Trinajstić information content (AvgIpc) is 3.44. The van der Waals surface area contributed by atoms with Gasteiger partial charge in [-0.15, -0.1) is 0 Å². The maximum Gasteiger partial charge on any atom is 0.306 e. The molecule has 0 aliphatic carbocycles. The first kappa shape index (κ1) is 75.4. The molecule has 6 nitrogen and oxygen atoms in total. The molecule has 0 bridgehead atoms. The Morgan fingerprint density at radius 3 is 0.756 bits per heavy atom. The number of carbonyl (C=O) groups excluding carboxylic acids is 3. The lowest BCUT2D eigenvalue weighted by molar-refractivity contribution is -0.166. The Morgan fingerprint density at radius 1 is 0.269 bits per heavy atom. The summed E-state index contributed by atoms with van der Waals surface area (Å²) in [6, 6.07) is 0. The van der Waals surface area contributed by atoms with E-state index in [0.29, 0.717) is 19.3 Å². The highest BCUT2D eigenvalue weighted by Crippen LogP contribution is 2.19. The molecule has 0 saturated carbocycles. The van der Waals surface area contributed by atoms with E-state index >= 15 is 0 Å². The van der Waals surface area contributed by atoms with Crippen molar-refractivity contribution in [2.24, 2.45) is 0 Å². The number of ether oxygens (including phenoxy) is 3. The van der Waals surface area contributed by atoms with Crippen LogP contribution in [0.15, 0.2) is 48.6 Å². The minimum atomic E-state index is -0.808. The summed E-state index contributed by atoms with van der Waals surface area (Å²) in [7, 11) is 0. The summed E-state index contributed by atoms with van der Waals surface area (Å²) in [5.41, 5.74) is 0. The molecule has 0 fully saturated rings. The highest BCUT2D eigenvalue weighted by Gasteiger charge is 2.19. The highest BCUT2D eigenvalue weighted by atomic mass is 16.6. The Kier molecular flexibility index (Phi) is 64.6. The van der Waals surface area contributed by atoms with E-state index < -0.39 is 6.10 Å². The Morgan fingerprint density at radius 2 is 0.500 bits per heavy atom. The zero-order valence-electron chi connectivity index (χ0n) is 52.5. The molecule has 0 heterocycles. The van der Waals surface area contributed by atoms with Gasteiger partial charge in [-0.3, -0.25) is 14.4 Å². The van der Waals surface area contributed by atoms with E-state index in [1.165, 1.54) is 263 Å². The second-order valence-electron chi connectivity index (χ2n) is 23.4. The fraction of sp³-hybridized carbons (Fsp3) is 0.847. The molecule has 0 aromatic carbocycles. The summed E-state index contributed by atoms with van der Waals surface area (Å²) in [4.78, 5) is 38.1. The second kappa shape index (κ2) is 66.9. The molecular weight excluding hydrogens is 961 g/mol. The second-order valence-corrected chi connectivity index (χ2v) is 23.4. The predicted octanol–water partition coefficient (Wildman–Crippen LogP) is 23.7. The quantitative estimate of drug-likeness (QED) is 0.0261. The van der Waals surface area contributed by atoms with E-state index in [2.05, 4.69) is 63.3 Å². The van der Waals surface area contributed by atoms with Gasteiger partial charge >= 0.3 is 17.9 Å². The van der Waals surface area contributed by atoms with Gasteiger partial charge in [-0.25, -0.2) is 0 Å². The van der Waals surface area contributed by atoms with Crippen LogP contribution in [0.25, 0.3) is 0 Å². The maximum atomic E-state index is 12.8. The van der Waals surface area contributed by atoms with E-state index in [1.807, 2.05) is 6.08 Å². The van der Waals surface area contributed by atoms with Gasteiger partial charge in [0.15, 0.2) is 6.10 Å². The van der Waals surface area contributed by atoms with Gasteiger partial charge in [0.2, 0.25) is 0 Å². The van der Waals surface area contributed by atoms with Gasteiger partial charge < -0.3 is 14.2 Å². The van der Waals surface area contributed by atoms with Crippen LogP contribution < -0.4 is 0 Å². The van der Waals surface area contributed by atoms with E-state index in [9.17, 15) is 14.4 Å². The number of allylic oxidation sites excluding steroid dienone is 8. The Balaban J connectivity index is 4.01. The van der Waals surface area contributed by atoms with Crippen molar-refractivity contribution in [3.05, 3.63) is 48.6 Å². The average molecular weight is 1090 g/mol. The third-order valence-electron chi connectivity index (χ3n) is 15.6. The molecule has 78 heavy (non-hydrogen) atoms. The van der Waals surface area contributed by atoms with Crippen LogP contribution in [0.3, 0.4) is 0 Å². The molecule has 6 heteroatoms. The van der Waals surface area contributed by atoms with E-state index in [-0.39, 0.29) is 37.5 Å². The van der Waals surface area contributed by atoms with E-state index in [4.69, 9.17) is 14.2 Å². The number of esters is 3. The van der Waals surface area contributed by atoms with Crippen LogP contribution in [0, 0.1) is 0 Å². The highest BCUT2D eigenvalue weighted by molar-refractivity contribution is 5.71. The fourth-order valence-corrected chi connectivity index (χ4v) is 10.5. The number of hydrogen-bond acceptors (Lipinski definition) is 6. The third kappa shape index (κ3) is 64.2. The summed E-state index contributed by atoms with van der Waals surface area (Å²) in [5.74, 6) is -0.960. The summed E-state index contributed by atoms with van der Waals surface area (Å²) < 4.78 is 16.8. The van der Waals surface area contributed by atoms with Gasteiger partial charge in [-0.2, -0.15) is 0 Å². The smallest absolute Gasteiger partial charge is 0.306 e. The molecular formula is C72H132O6. The molecule has 0 saturated heterocycles. The molecule has 0 spiro atoms. The van der Waals surface area contributed by atoms with Crippen LogP contribution >= 0.6 is 0 Å². The first-order valence-corrected chi connectivity index (χ1v) is 34.6. The van der Waals surface area contributed by atoms with Crippen LogP contribution in [0.2, 0.25) is 0 Å². The summed E-state index contributed by atoms with van der Waals surface area (Å²) in [5, 5.41) is 0.